The topological polar surface area (TPSA) is 0 Å². The van der Waals surface area contributed by atoms with Gasteiger partial charge in [-0.1, -0.05) is 0 Å². The van der Waals surface area contributed by atoms with E-state index in [9.17, 15) is 0 Å². The van der Waals surface area contributed by atoms with Gasteiger partial charge in [-0.3, -0.25) is 0 Å². The molecule has 1 heteroatoms. The van der Waals surface area contributed by atoms with Gasteiger partial charge in [0.2, 0.25) is 0 Å². The van der Waals surface area contributed by atoms with E-state index in [-0.39, 0.29) is 0 Å². The molecule has 0 aliphatic rings. The molecule has 1 aromatic heterocycles. The van der Waals surface area contributed by atoms with Crippen LogP contribution in [0.3, 0.4) is 0 Å². The number of aryl methyl sites for hydroxylation is 2. The summed E-state index contributed by atoms with van der Waals surface area (Å²) >= 11 is 0.557. The van der Waals surface area contributed by atoms with E-state index in [1.54, 1.807) is 0 Å². The van der Waals surface area contributed by atoms with Gasteiger partial charge in [0, 0.05) is 0 Å². The number of rotatable bonds is 0. The molecular formula is C8H8Se. The Balaban J connectivity index is 3.20. The molecule has 0 bridgehead atoms. The van der Waals surface area contributed by atoms with Gasteiger partial charge >= 0.3 is 61.2 Å². The van der Waals surface area contributed by atoms with Gasteiger partial charge in [0.15, 0.2) is 0 Å². The van der Waals surface area contributed by atoms with Crippen molar-refractivity contribution < 1.29 is 0 Å². The van der Waals surface area contributed by atoms with Crippen LogP contribution in [0.1, 0.15) is 14.4 Å². The van der Waals surface area contributed by atoms with E-state index >= 15 is 0 Å². The molecule has 0 aliphatic carbocycles. The molecule has 0 spiro atoms. The zero-order chi connectivity index (χ0) is 6.85. The second-order valence-electron chi connectivity index (χ2n) is 1.97. The van der Waals surface area contributed by atoms with Gasteiger partial charge in [-0.15, -0.1) is 0 Å². The van der Waals surface area contributed by atoms with Crippen LogP contribution < -0.4 is 0 Å². The van der Waals surface area contributed by atoms with Gasteiger partial charge in [-0.2, -0.15) is 0 Å². The average Bonchev–Trinajstić information content (AvgIpc) is 2.10. The maximum atomic E-state index is 5.24. The summed E-state index contributed by atoms with van der Waals surface area (Å²) in [6, 6.07) is 2.11. The van der Waals surface area contributed by atoms with Crippen molar-refractivity contribution in [1.29, 1.82) is 0 Å². The Kier molecular flexibility index (Phi) is 1.81. The van der Waals surface area contributed by atoms with E-state index in [2.05, 4.69) is 25.8 Å². The van der Waals surface area contributed by atoms with Crippen molar-refractivity contribution in [1.82, 2.24) is 0 Å². The Labute approximate surface area is 61.6 Å². The molecule has 1 aromatic rings. The Bertz CT molecular complexity index is 250. The predicted molar refractivity (Wildman–Crippen MR) is 40.8 cm³/mol. The first kappa shape index (κ1) is 6.68. The number of terminal acetylenes is 1. The van der Waals surface area contributed by atoms with Crippen molar-refractivity contribution in [2.24, 2.45) is 0 Å². The van der Waals surface area contributed by atoms with Crippen molar-refractivity contribution in [2.45, 2.75) is 13.8 Å². The minimum absolute atomic E-state index is 0.557. The molecule has 0 aliphatic heterocycles. The van der Waals surface area contributed by atoms with Gasteiger partial charge in [0.05, 0.1) is 0 Å². The van der Waals surface area contributed by atoms with Crippen molar-refractivity contribution in [2.75, 3.05) is 0 Å². The summed E-state index contributed by atoms with van der Waals surface area (Å²) in [6.45, 7) is 4.25. The van der Waals surface area contributed by atoms with Crippen molar-refractivity contribution in [3.05, 3.63) is 20.5 Å². The second-order valence-corrected chi connectivity index (χ2v) is 5.04. The molecule has 0 amide bonds. The first-order valence-corrected chi connectivity index (χ1v) is 4.49. The quantitative estimate of drug-likeness (QED) is 0.420. The van der Waals surface area contributed by atoms with Crippen molar-refractivity contribution in [3.8, 4) is 12.3 Å². The molecule has 1 heterocycles. The molecular weight excluding hydrogens is 175 g/mol. The summed E-state index contributed by atoms with van der Waals surface area (Å²) in [7, 11) is 0. The van der Waals surface area contributed by atoms with Gasteiger partial charge in [0.1, 0.15) is 0 Å². The SMILES string of the molecule is C#Cc1cc(C)[se]c1C. The zero-order valence-corrected chi connectivity index (χ0v) is 7.28. The van der Waals surface area contributed by atoms with Crippen molar-refractivity contribution >= 4 is 14.5 Å². The van der Waals surface area contributed by atoms with Crippen molar-refractivity contribution in [3.63, 3.8) is 0 Å². The summed E-state index contributed by atoms with van der Waals surface area (Å²) in [6.07, 6.45) is 5.24. The number of hydrogen-bond donors (Lipinski definition) is 0. The van der Waals surface area contributed by atoms with E-state index < -0.39 is 0 Å². The molecule has 0 nitrogen and oxygen atoms in total. The summed E-state index contributed by atoms with van der Waals surface area (Å²) in [4.78, 5) is 0. The fraction of sp³-hybridized carbons (Fsp3) is 0.250. The molecule has 46 valence electrons. The third-order valence-electron chi connectivity index (χ3n) is 1.20. The Morgan fingerprint density at radius 1 is 1.56 bits per heavy atom. The molecule has 1 rings (SSSR count). The predicted octanol–water partition coefficient (Wildman–Crippen LogP) is 1.34. The molecule has 0 unspecified atom stereocenters. The minimum atomic E-state index is 0.557. The Morgan fingerprint density at radius 3 is 2.44 bits per heavy atom. The van der Waals surface area contributed by atoms with Crippen LogP contribution in [0.15, 0.2) is 6.07 Å². The van der Waals surface area contributed by atoms with Crippen LogP contribution in [0, 0.1) is 26.2 Å². The van der Waals surface area contributed by atoms with E-state index in [1.165, 1.54) is 8.87 Å². The average molecular weight is 183 g/mol. The summed E-state index contributed by atoms with van der Waals surface area (Å²) in [5.74, 6) is 2.66. The third kappa shape index (κ3) is 1.27. The van der Waals surface area contributed by atoms with E-state index in [0.29, 0.717) is 14.5 Å². The normalized spacial score (nSPS) is 9.00. The molecule has 0 radical (unpaired) electrons. The summed E-state index contributed by atoms with van der Waals surface area (Å²) in [5.41, 5.74) is 1.10. The molecule has 0 N–H and O–H groups in total. The number of hydrogen-bond acceptors (Lipinski definition) is 0. The van der Waals surface area contributed by atoms with E-state index in [4.69, 9.17) is 6.42 Å². The molecule has 9 heavy (non-hydrogen) atoms. The van der Waals surface area contributed by atoms with Gasteiger partial charge in [-0.05, 0) is 0 Å². The summed E-state index contributed by atoms with van der Waals surface area (Å²) < 4.78 is 2.83. The Morgan fingerprint density at radius 2 is 2.22 bits per heavy atom. The first-order valence-electron chi connectivity index (χ1n) is 2.77. The van der Waals surface area contributed by atoms with Gasteiger partial charge in [0.25, 0.3) is 0 Å². The maximum absolute atomic E-state index is 5.24. The van der Waals surface area contributed by atoms with E-state index in [0.717, 1.165) is 5.56 Å². The van der Waals surface area contributed by atoms with Gasteiger partial charge in [-0.25, -0.2) is 0 Å². The fourth-order valence-electron chi connectivity index (χ4n) is 0.774. The second kappa shape index (κ2) is 2.43. The van der Waals surface area contributed by atoms with Crippen LogP contribution >= 0.6 is 0 Å². The fourth-order valence-corrected chi connectivity index (χ4v) is 2.64. The van der Waals surface area contributed by atoms with Crippen LogP contribution in [-0.4, -0.2) is 14.5 Å². The first-order chi connectivity index (χ1) is 4.24. The van der Waals surface area contributed by atoms with Gasteiger partial charge < -0.3 is 0 Å². The monoisotopic (exact) mass is 184 g/mol. The molecule has 0 fully saturated rings. The summed E-state index contributed by atoms with van der Waals surface area (Å²) in [5, 5.41) is 0. The molecule has 0 saturated heterocycles. The van der Waals surface area contributed by atoms with Crippen LogP contribution in [0.2, 0.25) is 0 Å². The molecule has 0 atom stereocenters. The van der Waals surface area contributed by atoms with Crippen LogP contribution in [0.25, 0.3) is 0 Å². The van der Waals surface area contributed by atoms with Crippen LogP contribution in [-0.2, 0) is 0 Å². The van der Waals surface area contributed by atoms with Crippen LogP contribution in [0.5, 0.6) is 0 Å². The van der Waals surface area contributed by atoms with Crippen LogP contribution in [0.4, 0.5) is 0 Å². The molecule has 0 saturated carbocycles. The standard InChI is InChI=1S/C8H8Se/c1-4-8-5-6(2)9-7(8)3/h1,5H,2-3H3. The third-order valence-corrected chi connectivity index (χ3v) is 3.22. The van der Waals surface area contributed by atoms with E-state index in [1.807, 2.05) is 0 Å². The zero-order valence-electron chi connectivity index (χ0n) is 5.56. The Hall–Kier alpha value is -0.441. The molecule has 0 aromatic carbocycles.